The molecular formula is C17H11BrN4OS. The number of thiazole rings is 1. The molecule has 0 saturated carbocycles. The maximum Gasteiger partial charge on any atom is 0.259 e. The zero-order valence-corrected chi connectivity index (χ0v) is 15.0. The van der Waals surface area contributed by atoms with Gasteiger partial charge in [0.1, 0.15) is 0 Å². The molecule has 0 fully saturated rings. The molecule has 0 amide bonds. The van der Waals surface area contributed by atoms with Crippen LogP contribution in [0.15, 0.2) is 57.1 Å². The van der Waals surface area contributed by atoms with E-state index >= 15 is 0 Å². The predicted octanol–water partition coefficient (Wildman–Crippen LogP) is 4.99. The van der Waals surface area contributed by atoms with Gasteiger partial charge in [-0.25, -0.2) is 4.98 Å². The van der Waals surface area contributed by atoms with Gasteiger partial charge in [0.05, 0.1) is 16.3 Å². The fourth-order valence-corrected chi connectivity index (χ4v) is 3.29. The minimum atomic E-state index is 0.439. The third-order valence-electron chi connectivity index (χ3n) is 3.41. The molecule has 4 rings (SSSR count). The first-order valence-corrected chi connectivity index (χ1v) is 8.84. The van der Waals surface area contributed by atoms with Crippen molar-refractivity contribution in [2.24, 2.45) is 0 Å². The molecule has 24 heavy (non-hydrogen) atoms. The lowest BCUT2D eigenvalue weighted by atomic mass is 10.1. The Morgan fingerprint density at radius 3 is 2.71 bits per heavy atom. The van der Waals surface area contributed by atoms with Crippen molar-refractivity contribution < 1.29 is 4.52 Å². The van der Waals surface area contributed by atoms with Crippen LogP contribution >= 0.6 is 27.3 Å². The summed E-state index contributed by atoms with van der Waals surface area (Å²) < 4.78 is 6.24. The van der Waals surface area contributed by atoms with Gasteiger partial charge in [0.2, 0.25) is 5.82 Å². The summed E-state index contributed by atoms with van der Waals surface area (Å²) in [5.41, 5.74) is 3.65. The fraction of sp³-hybridized carbons (Fsp3) is 0.0588. The maximum absolute atomic E-state index is 5.37. The normalized spacial score (nSPS) is 10.9. The molecule has 0 aliphatic carbocycles. The number of hydrogen-bond acceptors (Lipinski definition) is 6. The average Bonchev–Trinajstić information content (AvgIpc) is 3.24. The second-order valence-corrected chi connectivity index (χ2v) is 7.13. The third kappa shape index (κ3) is 3.00. The maximum atomic E-state index is 5.37. The van der Waals surface area contributed by atoms with E-state index in [-0.39, 0.29) is 0 Å². The van der Waals surface area contributed by atoms with E-state index in [2.05, 4.69) is 36.0 Å². The summed E-state index contributed by atoms with van der Waals surface area (Å²) >= 11 is 5.02. The molecule has 0 N–H and O–H groups in total. The van der Waals surface area contributed by atoms with Crippen LogP contribution in [0.1, 0.15) is 5.01 Å². The number of rotatable bonds is 3. The molecule has 0 atom stereocenters. The van der Waals surface area contributed by atoms with Crippen LogP contribution in [-0.4, -0.2) is 20.1 Å². The Morgan fingerprint density at radius 1 is 1.04 bits per heavy atom. The Hall–Kier alpha value is -2.38. The molecule has 3 aromatic heterocycles. The molecule has 118 valence electrons. The largest absolute Gasteiger partial charge is 0.334 e. The molecule has 4 aromatic rings. The number of benzene rings is 1. The smallest absolute Gasteiger partial charge is 0.259 e. The minimum absolute atomic E-state index is 0.439. The van der Waals surface area contributed by atoms with Gasteiger partial charge in [-0.15, -0.1) is 11.3 Å². The molecule has 1 aromatic carbocycles. The van der Waals surface area contributed by atoms with Gasteiger partial charge in [-0.3, -0.25) is 4.98 Å². The molecule has 0 aliphatic heterocycles. The van der Waals surface area contributed by atoms with Gasteiger partial charge in [-0.05, 0) is 35.0 Å². The topological polar surface area (TPSA) is 64.7 Å². The minimum Gasteiger partial charge on any atom is -0.334 e. The molecule has 5 nitrogen and oxygen atoms in total. The van der Waals surface area contributed by atoms with Crippen LogP contribution < -0.4 is 0 Å². The summed E-state index contributed by atoms with van der Waals surface area (Å²) in [5, 5.41) is 7.17. The lowest BCUT2D eigenvalue weighted by Crippen LogP contribution is -1.84. The number of nitrogens with zero attached hydrogens (tertiary/aromatic N) is 4. The van der Waals surface area contributed by atoms with Crippen molar-refractivity contribution in [3.63, 3.8) is 0 Å². The first-order chi connectivity index (χ1) is 11.7. The van der Waals surface area contributed by atoms with E-state index in [1.54, 1.807) is 23.7 Å². The standard InChI is InChI=1S/C17H11BrN4OS/c1-10-20-15(9-24-10)11-3-2-4-12(5-11)16-21-17(23-22-16)13-6-14(18)8-19-7-13/h2-9H,1H3. The van der Waals surface area contributed by atoms with Crippen molar-refractivity contribution in [2.45, 2.75) is 6.92 Å². The molecule has 7 heteroatoms. The summed E-state index contributed by atoms with van der Waals surface area (Å²) in [7, 11) is 0. The van der Waals surface area contributed by atoms with Crippen LogP contribution in [-0.2, 0) is 0 Å². The Balaban J connectivity index is 1.70. The second kappa shape index (κ2) is 6.26. The van der Waals surface area contributed by atoms with Crippen molar-refractivity contribution in [2.75, 3.05) is 0 Å². The van der Waals surface area contributed by atoms with Crippen LogP contribution in [0, 0.1) is 6.92 Å². The summed E-state index contributed by atoms with van der Waals surface area (Å²) in [4.78, 5) is 13.1. The Bertz CT molecular complexity index is 1010. The van der Waals surface area contributed by atoms with Gasteiger partial charge in [0, 0.05) is 33.4 Å². The highest BCUT2D eigenvalue weighted by molar-refractivity contribution is 9.10. The highest BCUT2D eigenvalue weighted by Gasteiger charge is 2.12. The van der Waals surface area contributed by atoms with E-state index < -0.39 is 0 Å². The monoisotopic (exact) mass is 398 g/mol. The highest BCUT2D eigenvalue weighted by Crippen LogP contribution is 2.27. The third-order valence-corrected chi connectivity index (χ3v) is 4.62. The van der Waals surface area contributed by atoms with Crippen LogP contribution in [0.25, 0.3) is 34.1 Å². The fourth-order valence-electron chi connectivity index (χ4n) is 2.30. The van der Waals surface area contributed by atoms with Crippen molar-refractivity contribution >= 4 is 27.3 Å². The van der Waals surface area contributed by atoms with E-state index in [4.69, 9.17) is 4.52 Å². The van der Waals surface area contributed by atoms with E-state index in [0.29, 0.717) is 11.7 Å². The number of aryl methyl sites for hydroxylation is 1. The van der Waals surface area contributed by atoms with Crippen molar-refractivity contribution in [1.82, 2.24) is 20.1 Å². The van der Waals surface area contributed by atoms with Gasteiger partial charge in [-0.2, -0.15) is 4.98 Å². The van der Waals surface area contributed by atoms with E-state index in [1.165, 1.54) is 0 Å². The first kappa shape index (κ1) is 15.2. The van der Waals surface area contributed by atoms with Gasteiger partial charge < -0.3 is 4.52 Å². The Morgan fingerprint density at radius 2 is 1.92 bits per heavy atom. The van der Waals surface area contributed by atoms with E-state index in [1.807, 2.05) is 42.6 Å². The number of aromatic nitrogens is 4. The Labute approximate surface area is 150 Å². The predicted molar refractivity (Wildman–Crippen MR) is 96.5 cm³/mol. The average molecular weight is 399 g/mol. The zero-order chi connectivity index (χ0) is 16.5. The number of hydrogen-bond donors (Lipinski definition) is 0. The quantitative estimate of drug-likeness (QED) is 0.486. The van der Waals surface area contributed by atoms with Crippen LogP contribution in [0.5, 0.6) is 0 Å². The van der Waals surface area contributed by atoms with Crippen LogP contribution in [0.2, 0.25) is 0 Å². The lowest BCUT2D eigenvalue weighted by Gasteiger charge is -1.99. The molecular weight excluding hydrogens is 388 g/mol. The molecule has 0 unspecified atom stereocenters. The Kier molecular flexibility index (Phi) is 3.95. The van der Waals surface area contributed by atoms with Crippen molar-refractivity contribution in [3.05, 3.63) is 57.6 Å². The summed E-state index contributed by atoms with van der Waals surface area (Å²) in [5.74, 6) is 0.979. The van der Waals surface area contributed by atoms with Gasteiger partial charge >= 0.3 is 0 Å². The van der Waals surface area contributed by atoms with Crippen LogP contribution in [0.3, 0.4) is 0 Å². The van der Waals surface area contributed by atoms with E-state index in [0.717, 1.165) is 31.9 Å². The number of halogens is 1. The van der Waals surface area contributed by atoms with Crippen molar-refractivity contribution in [3.8, 4) is 34.1 Å². The van der Waals surface area contributed by atoms with Crippen molar-refractivity contribution in [1.29, 1.82) is 0 Å². The summed E-state index contributed by atoms with van der Waals surface area (Å²) in [6.07, 6.45) is 3.40. The molecule has 3 heterocycles. The number of pyridine rings is 1. The molecule has 0 aliphatic rings. The SMILES string of the molecule is Cc1nc(-c2cccc(-c3noc(-c4cncc(Br)c4)n3)c2)cs1. The second-order valence-electron chi connectivity index (χ2n) is 5.15. The van der Waals surface area contributed by atoms with Gasteiger partial charge in [-0.1, -0.05) is 23.4 Å². The van der Waals surface area contributed by atoms with Gasteiger partial charge in [0.15, 0.2) is 0 Å². The lowest BCUT2D eigenvalue weighted by molar-refractivity contribution is 0.432. The van der Waals surface area contributed by atoms with E-state index in [9.17, 15) is 0 Å². The summed E-state index contributed by atoms with van der Waals surface area (Å²) in [6, 6.07) is 9.85. The molecule has 0 bridgehead atoms. The summed E-state index contributed by atoms with van der Waals surface area (Å²) in [6.45, 7) is 2.00. The van der Waals surface area contributed by atoms with Gasteiger partial charge in [0.25, 0.3) is 5.89 Å². The molecule has 0 radical (unpaired) electrons. The molecule has 0 spiro atoms. The first-order valence-electron chi connectivity index (χ1n) is 7.16. The highest BCUT2D eigenvalue weighted by atomic mass is 79.9. The van der Waals surface area contributed by atoms with Crippen LogP contribution in [0.4, 0.5) is 0 Å². The zero-order valence-electron chi connectivity index (χ0n) is 12.6. The molecule has 0 saturated heterocycles.